The van der Waals surface area contributed by atoms with Crippen molar-refractivity contribution in [2.45, 2.75) is 37.6 Å². The number of thiazole rings is 1. The number of nitrogens with zero attached hydrogens (tertiary/aromatic N) is 1. The Morgan fingerprint density at radius 2 is 1.66 bits per heavy atom. The Morgan fingerprint density at radius 3 is 2.34 bits per heavy atom. The Hall–Kier alpha value is -3.72. The molecule has 8 nitrogen and oxygen atoms in total. The van der Waals surface area contributed by atoms with Crippen LogP contribution in [0.5, 0.6) is 0 Å². The molecular formula is C26H25N3O5S. The van der Waals surface area contributed by atoms with E-state index in [2.05, 4.69) is 27.8 Å². The Labute approximate surface area is 206 Å². The van der Waals surface area contributed by atoms with Gasteiger partial charge in [0.25, 0.3) is 5.91 Å². The van der Waals surface area contributed by atoms with Gasteiger partial charge in [0.2, 0.25) is 0 Å². The van der Waals surface area contributed by atoms with Crippen LogP contribution in [0.15, 0.2) is 54.7 Å². The maximum Gasteiger partial charge on any atom is 0.413 e. The maximum absolute atomic E-state index is 12.6. The van der Waals surface area contributed by atoms with E-state index in [1.165, 1.54) is 6.20 Å². The molecule has 3 N–H and O–H groups in total. The molecule has 1 saturated carbocycles. The fraction of sp³-hybridized carbons (Fsp3) is 0.308. The van der Waals surface area contributed by atoms with Gasteiger partial charge in [-0.1, -0.05) is 72.7 Å². The highest BCUT2D eigenvalue weighted by Crippen LogP contribution is 2.44. The van der Waals surface area contributed by atoms with Crippen molar-refractivity contribution in [2.24, 2.45) is 5.92 Å². The van der Waals surface area contributed by atoms with E-state index >= 15 is 0 Å². The third-order valence-electron chi connectivity index (χ3n) is 6.68. The average Bonchev–Trinajstić information content (AvgIpc) is 3.46. The first kappa shape index (κ1) is 23.0. The Balaban J connectivity index is 1.19. The lowest BCUT2D eigenvalue weighted by Crippen LogP contribution is -2.44. The van der Waals surface area contributed by atoms with Gasteiger partial charge in [-0.3, -0.25) is 14.9 Å². The van der Waals surface area contributed by atoms with E-state index in [0.29, 0.717) is 17.7 Å². The highest BCUT2D eigenvalue weighted by Gasteiger charge is 2.32. The van der Waals surface area contributed by atoms with Crippen molar-refractivity contribution >= 4 is 34.4 Å². The van der Waals surface area contributed by atoms with E-state index in [1.54, 1.807) is 0 Å². The number of aromatic nitrogens is 1. The molecule has 1 aromatic heterocycles. The number of anilines is 1. The van der Waals surface area contributed by atoms with Gasteiger partial charge in [-0.2, -0.15) is 0 Å². The van der Waals surface area contributed by atoms with Gasteiger partial charge in [-0.25, -0.2) is 9.78 Å². The fourth-order valence-electron chi connectivity index (χ4n) is 5.00. The minimum atomic E-state index is -0.892. The lowest BCUT2D eigenvalue weighted by Gasteiger charge is -2.28. The van der Waals surface area contributed by atoms with Gasteiger partial charge in [-0.05, 0) is 35.1 Å². The summed E-state index contributed by atoms with van der Waals surface area (Å²) in [5.74, 6) is -1.92. The molecule has 2 unspecified atom stereocenters. The first-order chi connectivity index (χ1) is 17.0. The molecule has 2 aliphatic rings. The molecule has 0 aliphatic heterocycles. The normalized spacial score (nSPS) is 18.9. The summed E-state index contributed by atoms with van der Waals surface area (Å²) in [7, 11) is 0. The summed E-state index contributed by atoms with van der Waals surface area (Å²) >= 11 is 1.02. The number of aliphatic carboxylic acids is 1. The van der Waals surface area contributed by atoms with Crippen LogP contribution in [0.4, 0.5) is 9.93 Å². The number of hydrogen-bond donors (Lipinski definition) is 3. The predicted octanol–water partition coefficient (Wildman–Crippen LogP) is 4.88. The van der Waals surface area contributed by atoms with Crippen LogP contribution >= 0.6 is 11.3 Å². The van der Waals surface area contributed by atoms with Crippen LogP contribution in [-0.4, -0.2) is 40.7 Å². The van der Waals surface area contributed by atoms with Gasteiger partial charge in [0.05, 0.1) is 12.1 Å². The molecular weight excluding hydrogens is 466 g/mol. The van der Waals surface area contributed by atoms with Crippen LogP contribution in [-0.2, 0) is 9.53 Å². The van der Waals surface area contributed by atoms with Gasteiger partial charge in [0.15, 0.2) is 5.13 Å². The SMILES string of the molecule is O=C(Nc1ncc(C(=O)NC2CCCCC2C(=O)O)s1)OCC1c2ccccc2-c2ccccc21. The Morgan fingerprint density at radius 1 is 1.00 bits per heavy atom. The third kappa shape index (κ3) is 4.77. The van der Waals surface area contributed by atoms with E-state index in [9.17, 15) is 19.5 Å². The maximum atomic E-state index is 12.6. The molecule has 180 valence electrons. The number of benzene rings is 2. The topological polar surface area (TPSA) is 118 Å². The largest absolute Gasteiger partial charge is 0.481 e. The molecule has 2 amide bonds. The van der Waals surface area contributed by atoms with Crippen LogP contribution in [0.25, 0.3) is 11.1 Å². The van der Waals surface area contributed by atoms with Gasteiger partial charge < -0.3 is 15.2 Å². The number of ether oxygens (including phenoxy) is 1. The predicted molar refractivity (Wildman–Crippen MR) is 132 cm³/mol. The molecule has 5 rings (SSSR count). The number of hydrogen-bond acceptors (Lipinski definition) is 6. The quantitative estimate of drug-likeness (QED) is 0.453. The molecule has 35 heavy (non-hydrogen) atoms. The van der Waals surface area contributed by atoms with Crippen LogP contribution in [0, 0.1) is 5.92 Å². The lowest BCUT2D eigenvalue weighted by molar-refractivity contribution is -0.143. The number of carbonyl (C=O) groups is 3. The van der Waals surface area contributed by atoms with Crippen molar-refractivity contribution in [1.82, 2.24) is 10.3 Å². The molecule has 2 aliphatic carbocycles. The summed E-state index contributed by atoms with van der Waals surface area (Å²) < 4.78 is 5.53. The molecule has 0 bridgehead atoms. The monoisotopic (exact) mass is 491 g/mol. The van der Waals surface area contributed by atoms with E-state index < -0.39 is 24.0 Å². The third-order valence-corrected chi connectivity index (χ3v) is 7.59. The second kappa shape index (κ2) is 9.87. The first-order valence-corrected chi connectivity index (χ1v) is 12.4. The van der Waals surface area contributed by atoms with Crippen molar-refractivity contribution in [3.63, 3.8) is 0 Å². The average molecular weight is 492 g/mol. The van der Waals surface area contributed by atoms with Crippen molar-refractivity contribution in [3.8, 4) is 11.1 Å². The van der Waals surface area contributed by atoms with Crippen LogP contribution in [0.1, 0.15) is 52.4 Å². The van der Waals surface area contributed by atoms with Crippen LogP contribution in [0.2, 0.25) is 0 Å². The molecule has 0 radical (unpaired) electrons. The zero-order valence-corrected chi connectivity index (χ0v) is 19.7. The van der Waals surface area contributed by atoms with Gasteiger partial charge in [0.1, 0.15) is 11.5 Å². The van der Waals surface area contributed by atoms with Crippen molar-refractivity contribution < 1.29 is 24.2 Å². The number of fused-ring (bicyclic) bond motifs is 3. The molecule has 1 fully saturated rings. The second-order valence-corrected chi connectivity index (χ2v) is 9.82. The van der Waals surface area contributed by atoms with Crippen molar-refractivity contribution in [3.05, 3.63) is 70.7 Å². The standard InChI is InChI=1S/C26H25N3O5S/c30-23(28-21-12-6-5-11-19(21)24(31)32)22-13-27-25(35-22)29-26(33)34-14-20-17-9-3-1-7-15(17)16-8-2-4-10-18(16)20/h1-4,7-10,13,19-21H,5-6,11-12,14H2,(H,28,30)(H,31,32)(H,27,29,33). The first-order valence-electron chi connectivity index (χ1n) is 11.6. The minimum Gasteiger partial charge on any atom is -0.481 e. The molecule has 2 atom stereocenters. The van der Waals surface area contributed by atoms with E-state index in [0.717, 1.165) is 46.4 Å². The molecule has 0 saturated heterocycles. The van der Waals surface area contributed by atoms with Gasteiger partial charge >= 0.3 is 12.1 Å². The van der Waals surface area contributed by atoms with Crippen molar-refractivity contribution in [1.29, 1.82) is 0 Å². The zero-order chi connectivity index (χ0) is 24.4. The van der Waals surface area contributed by atoms with Crippen molar-refractivity contribution in [2.75, 3.05) is 11.9 Å². The molecule has 3 aromatic rings. The molecule has 0 spiro atoms. The number of nitrogens with one attached hydrogen (secondary N) is 2. The van der Waals surface area contributed by atoms with E-state index in [-0.39, 0.29) is 23.6 Å². The summed E-state index contributed by atoms with van der Waals surface area (Å²) in [6.45, 7) is 0.177. The highest BCUT2D eigenvalue weighted by atomic mass is 32.1. The Bertz CT molecular complexity index is 1230. The fourth-order valence-corrected chi connectivity index (χ4v) is 5.70. The summed E-state index contributed by atoms with van der Waals surface area (Å²) in [5, 5.41) is 15.1. The van der Waals surface area contributed by atoms with Crippen LogP contribution in [0.3, 0.4) is 0 Å². The number of carbonyl (C=O) groups excluding carboxylic acids is 2. The Kier molecular flexibility index (Phi) is 6.50. The van der Waals surface area contributed by atoms with E-state index in [1.807, 2.05) is 36.4 Å². The smallest absolute Gasteiger partial charge is 0.413 e. The number of carboxylic acid groups (broad SMARTS) is 1. The molecule has 1 heterocycles. The summed E-state index contributed by atoms with van der Waals surface area (Å²) in [6, 6.07) is 15.8. The summed E-state index contributed by atoms with van der Waals surface area (Å²) in [4.78, 5) is 41.0. The number of amides is 2. The summed E-state index contributed by atoms with van der Waals surface area (Å²) in [5.41, 5.74) is 4.54. The lowest BCUT2D eigenvalue weighted by atomic mass is 9.84. The van der Waals surface area contributed by atoms with Gasteiger partial charge in [-0.15, -0.1) is 0 Å². The second-order valence-electron chi connectivity index (χ2n) is 8.79. The van der Waals surface area contributed by atoms with Crippen LogP contribution < -0.4 is 10.6 Å². The minimum absolute atomic E-state index is 0.0524. The number of carboxylic acids is 1. The number of rotatable bonds is 6. The van der Waals surface area contributed by atoms with Gasteiger partial charge in [0, 0.05) is 12.0 Å². The summed E-state index contributed by atoms with van der Waals surface area (Å²) in [6.07, 6.45) is 3.64. The highest BCUT2D eigenvalue weighted by molar-refractivity contribution is 7.17. The zero-order valence-electron chi connectivity index (χ0n) is 18.9. The molecule has 9 heteroatoms. The molecule has 2 aromatic carbocycles. The van der Waals surface area contributed by atoms with E-state index in [4.69, 9.17) is 4.74 Å².